The summed E-state index contributed by atoms with van der Waals surface area (Å²) in [5.74, 6) is 6.15. The summed E-state index contributed by atoms with van der Waals surface area (Å²) in [6, 6.07) is 20.2. The highest BCUT2D eigenvalue weighted by atomic mass is 79.9. The summed E-state index contributed by atoms with van der Waals surface area (Å²) in [6.45, 7) is 0.563. The first-order valence-electron chi connectivity index (χ1n) is 9.69. The molecule has 156 valence electrons. The van der Waals surface area contributed by atoms with E-state index in [0.717, 1.165) is 42.9 Å². The van der Waals surface area contributed by atoms with E-state index >= 15 is 0 Å². The van der Waals surface area contributed by atoms with Crippen molar-refractivity contribution >= 4 is 82.7 Å². The molecule has 0 aliphatic carbocycles. The SMILES string of the molecule is O=C1NC(=O)C(=Cc2ccc(C#CCn3c4ccc(Br)cc4c4cc(Br)ccc43)cc2)S1. The Balaban J connectivity index is 1.42. The minimum absolute atomic E-state index is 0.339. The van der Waals surface area contributed by atoms with Crippen LogP contribution >= 0.6 is 43.6 Å². The van der Waals surface area contributed by atoms with Crippen LogP contribution in [0.1, 0.15) is 11.1 Å². The number of amides is 2. The van der Waals surface area contributed by atoms with Crippen LogP contribution in [0.15, 0.2) is 74.5 Å². The van der Waals surface area contributed by atoms with Gasteiger partial charge in [-0.25, -0.2) is 0 Å². The van der Waals surface area contributed by atoms with E-state index in [-0.39, 0.29) is 11.1 Å². The second-order valence-corrected chi connectivity index (χ2v) is 10.0. The quantitative estimate of drug-likeness (QED) is 0.217. The molecular weight excluding hydrogens is 552 g/mol. The summed E-state index contributed by atoms with van der Waals surface area (Å²) in [5, 5.41) is 4.28. The van der Waals surface area contributed by atoms with Gasteiger partial charge in [-0.1, -0.05) is 55.8 Å². The van der Waals surface area contributed by atoms with E-state index in [2.05, 4.69) is 77.9 Å². The zero-order valence-corrected chi connectivity index (χ0v) is 20.5. The fourth-order valence-electron chi connectivity index (χ4n) is 3.67. The maximum absolute atomic E-state index is 11.7. The molecule has 1 aromatic heterocycles. The van der Waals surface area contributed by atoms with Crippen LogP contribution in [-0.2, 0) is 11.3 Å². The predicted molar refractivity (Wildman–Crippen MR) is 137 cm³/mol. The first-order chi connectivity index (χ1) is 15.5. The number of hydrogen-bond acceptors (Lipinski definition) is 3. The molecule has 1 fully saturated rings. The van der Waals surface area contributed by atoms with Crippen LogP contribution in [-0.4, -0.2) is 15.7 Å². The molecule has 0 bridgehead atoms. The van der Waals surface area contributed by atoms with Crippen molar-refractivity contribution in [1.29, 1.82) is 0 Å². The van der Waals surface area contributed by atoms with Crippen molar-refractivity contribution in [2.45, 2.75) is 6.54 Å². The minimum atomic E-state index is -0.353. The number of nitrogens with zero attached hydrogens (tertiary/aromatic N) is 1. The molecule has 0 radical (unpaired) electrons. The molecule has 0 saturated carbocycles. The topological polar surface area (TPSA) is 51.1 Å². The molecule has 4 aromatic rings. The zero-order chi connectivity index (χ0) is 22.2. The minimum Gasteiger partial charge on any atom is -0.329 e. The van der Waals surface area contributed by atoms with Gasteiger partial charge in [-0.15, -0.1) is 0 Å². The lowest BCUT2D eigenvalue weighted by Crippen LogP contribution is -2.17. The normalized spacial score (nSPS) is 14.8. The van der Waals surface area contributed by atoms with Gasteiger partial charge < -0.3 is 4.57 Å². The first-order valence-corrected chi connectivity index (χ1v) is 12.1. The van der Waals surface area contributed by atoms with Crippen molar-refractivity contribution in [3.8, 4) is 11.8 Å². The van der Waals surface area contributed by atoms with Crippen LogP contribution in [0.5, 0.6) is 0 Å². The molecule has 7 heteroatoms. The summed E-state index contributed by atoms with van der Waals surface area (Å²) >= 11 is 8.06. The van der Waals surface area contributed by atoms with E-state index in [0.29, 0.717) is 11.4 Å². The molecule has 1 aliphatic heterocycles. The molecule has 0 atom stereocenters. The van der Waals surface area contributed by atoms with E-state index in [9.17, 15) is 9.59 Å². The molecular formula is C25H14Br2N2O2S. The van der Waals surface area contributed by atoms with Gasteiger partial charge in [0.1, 0.15) is 0 Å². The van der Waals surface area contributed by atoms with Crippen LogP contribution < -0.4 is 5.32 Å². The maximum atomic E-state index is 11.7. The largest absolute Gasteiger partial charge is 0.329 e. The molecule has 4 nitrogen and oxygen atoms in total. The Hall–Kier alpha value is -2.79. The predicted octanol–water partition coefficient (Wildman–Crippen LogP) is 6.70. The third kappa shape index (κ3) is 4.14. The molecule has 1 saturated heterocycles. The lowest BCUT2D eigenvalue weighted by molar-refractivity contribution is -0.115. The van der Waals surface area contributed by atoms with Crippen molar-refractivity contribution < 1.29 is 9.59 Å². The van der Waals surface area contributed by atoms with E-state index in [4.69, 9.17) is 0 Å². The van der Waals surface area contributed by atoms with Crippen molar-refractivity contribution in [3.63, 3.8) is 0 Å². The number of imide groups is 1. The second kappa shape index (κ2) is 8.62. The van der Waals surface area contributed by atoms with Crippen molar-refractivity contribution in [1.82, 2.24) is 9.88 Å². The molecule has 0 unspecified atom stereocenters. The standard InChI is InChI=1S/C25H14Br2N2O2S/c26-17-7-9-21-19(13-17)20-14-18(27)8-10-22(20)29(21)11-1-2-15-3-5-16(6-4-15)12-23-24(30)28-25(31)32-23/h3-10,12-14H,11H2,(H,28,30,31). The highest BCUT2D eigenvalue weighted by Gasteiger charge is 2.24. The lowest BCUT2D eigenvalue weighted by atomic mass is 10.1. The van der Waals surface area contributed by atoms with Crippen LogP contribution in [0, 0.1) is 11.8 Å². The number of thioether (sulfide) groups is 1. The number of carbonyl (C=O) groups is 2. The molecule has 3 aromatic carbocycles. The summed E-state index contributed by atoms with van der Waals surface area (Å²) in [4.78, 5) is 23.4. The Morgan fingerprint density at radius 1 is 0.906 bits per heavy atom. The Labute approximate surface area is 205 Å². The summed E-state index contributed by atoms with van der Waals surface area (Å²) in [6.07, 6.45) is 1.70. The van der Waals surface area contributed by atoms with Gasteiger partial charge in [-0.2, -0.15) is 0 Å². The number of rotatable bonds is 2. The van der Waals surface area contributed by atoms with Gasteiger partial charge in [0.15, 0.2) is 0 Å². The molecule has 0 spiro atoms. The Kier molecular flexibility index (Phi) is 5.68. The van der Waals surface area contributed by atoms with E-state index in [1.165, 1.54) is 10.8 Å². The van der Waals surface area contributed by atoms with E-state index < -0.39 is 0 Å². The fraction of sp³-hybridized carbons (Fsp3) is 0.0400. The number of fused-ring (bicyclic) bond motifs is 3. The van der Waals surface area contributed by atoms with Gasteiger partial charge in [0.2, 0.25) is 0 Å². The number of benzene rings is 3. The first kappa shape index (κ1) is 21.1. The number of hydrogen-bond donors (Lipinski definition) is 1. The third-order valence-electron chi connectivity index (χ3n) is 5.11. The number of aromatic nitrogens is 1. The van der Waals surface area contributed by atoms with Crippen LogP contribution in [0.4, 0.5) is 4.79 Å². The van der Waals surface area contributed by atoms with Crippen molar-refractivity contribution in [3.05, 3.63) is 85.6 Å². The van der Waals surface area contributed by atoms with Gasteiger partial charge in [-0.3, -0.25) is 14.9 Å². The number of halogens is 2. The van der Waals surface area contributed by atoms with Gasteiger partial charge in [0, 0.05) is 25.3 Å². The van der Waals surface area contributed by atoms with Gasteiger partial charge in [0.05, 0.1) is 22.5 Å². The zero-order valence-electron chi connectivity index (χ0n) is 16.5. The molecule has 32 heavy (non-hydrogen) atoms. The average Bonchev–Trinajstić information content (AvgIpc) is 3.24. The smallest absolute Gasteiger partial charge is 0.290 e. The van der Waals surface area contributed by atoms with Gasteiger partial charge in [0.25, 0.3) is 11.1 Å². The monoisotopic (exact) mass is 564 g/mol. The van der Waals surface area contributed by atoms with Crippen LogP contribution in [0.25, 0.3) is 27.9 Å². The summed E-state index contributed by atoms with van der Waals surface area (Å²) in [5.41, 5.74) is 4.01. The fourth-order valence-corrected chi connectivity index (χ4v) is 5.08. The van der Waals surface area contributed by atoms with Crippen molar-refractivity contribution in [2.75, 3.05) is 0 Å². The third-order valence-corrected chi connectivity index (χ3v) is 6.91. The molecule has 2 heterocycles. The molecule has 2 amide bonds. The lowest BCUT2D eigenvalue weighted by Gasteiger charge is -2.02. The average molecular weight is 566 g/mol. The van der Waals surface area contributed by atoms with Crippen LogP contribution in [0.2, 0.25) is 0 Å². The van der Waals surface area contributed by atoms with Gasteiger partial charge >= 0.3 is 0 Å². The van der Waals surface area contributed by atoms with E-state index in [1.54, 1.807) is 6.08 Å². The Morgan fingerprint density at radius 3 is 2.09 bits per heavy atom. The summed E-state index contributed by atoms with van der Waals surface area (Å²) in [7, 11) is 0. The Bertz CT molecular complexity index is 1450. The highest BCUT2D eigenvalue weighted by molar-refractivity contribution is 9.10. The van der Waals surface area contributed by atoms with E-state index in [1.807, 2.05) is 36.4 Å². The molecule has 1 N–H and O–H groups in total. The number of carbonyl (C=O) groups excluding carboxylic acids is 2. The second-order valence-electron chi connectivity index (χ2n) is 7.19. The maximum Gasteiger partial charge on any atom is 0.290 e. The van der Waals surface area contributed by atoms with Crippen molar-refractivity contribution in [2.24, 2.45) is 0 Å². The number of nitrogens with one attached hydrogen (secondary N) is 1. The summed E-state index contributed by atoms with van der Waals surface area (Å²) < 4.78 is 4.31. The molecule has 5 rings (SSSR count). The van der Waals surface area contributed by atoms with Crippen LogP contribution in [0.3, 0.4) is 0 Å². The van der Waals surface area contributed by atoms with Gasteiger partial charge in [-0.05, 0) is 71.9 Å². The highest BCUT2D eigenvalue weighted by Crippen LogP contribution is 2.33. The Morgan fingerprint density at radius 2 is 1.53 bits per heavy atom. The molecule has 1 aliphatic rings.